The Kier molecular flexibility index (Phi) is 29.8. The molecule has 8 nitrogen and oxygen atoms in total. The van der Waals surface area contributed by atoms with Gasteiger partial charge in [0.25, 0.3) is 0 Å². The molecule has 44 heavy (non-hydrogen) atoms. The zero-order valence-electron chi connectivity index (χ0n) is 27.9. The number of aliphatic hydroxyl groups is 2. The van der Waals surface area contributed by atoms with Crippen molar-refractivity contribution < 1.29 is 71.0 Å². The van der Waals surface area contributed by atoms with Crippen LogP contribution in [-0.2, 0) is 60.8 Å². The van der Waals surface area contributed by atoms with Gasteiger partial charge in [0.2, 0.25) is 7.37 Å². The molecular formula is C27H55B3BrNi2O8P3-2. The van der Waals surface area contributed by atoms with E-state index in [1.54, 1.807) is 6.66 Å². The van der Waals surface area contributed by atoms with Crippen molar-refractivity contribution in [3.8, 4) is 0 Å². The van der Waals surface area contributed by atoms with Crippen LogP contribution >= 0.6 is 40.7 Å². The predicted octanol–water partition coefficient (Wildman–Crippen LogP) is 4.35. The minimum Gasteiger partial charge on any atom is -0.393 e. The van der Waals surface area contributed by atoms with E-state index < -0.39 is 18.6 Å². The van der Waals surface area contributed by atoms with E-state index in [0.717, 1.165) is 27.8 Å². The zero-order chi connectivity index (χ0) is 30.8. The van der Waals surface area contributed by atoms with Crippen LogP contribution in [0.4, 0.5) is 0 Å². The summed E-state index contributed by atoms with van der Waals surface area (Å²) in [7, 11) is 15.9. The van der Waals surface area contributed by atoms with Gasteiger partial charge in [-0.05, 0) is 57.5 Å². The van der Waals surface area contributed by atoms with Gasteiger partial charge in [-0.1, -0.05) is 36.7 Å². The van der Waals surface area contributed by atoms with E-state index in [-0.39, 0.29) is 90.8 Å². The summed E-state index contributed by atoms with van der Waals surface area (Å²) in [5.41, 5.74) is -1.37. The summed E-state index contributed by atoms with van der Waals surface area (Å²) in [5, 5.41) is 18.9. The Hall–Kier alpha value is 2.47. The number of rotatable bonds is 6. The first-order valence-electron chi connectivity index (χ1n) is 13.9. The second kappa shape index (κ2) is 24.6. The molecule has 4 fully saturated rings. The zero-order valence-corrected chi connectivity index (χ0v) is 34.3. The number of hydrogen-bond acceptors (Lipinski definition) is 8. The Labute approximate surface area is 305 Å². The first-order valence-corrected chi connectivity index (χ1v) is 20.7. The van der Waals surface area contributed by atoms with Crippen LogP contribution in [0.1, 0.15) is 46.5 Å². The summed E-state index contributed by atoms with van der Waals surface area (Å²) in [6.45, 7) is 14.5. The van der Waals surface area contributed by atoms with Gasteiger partial charge >= 0.3 is 0 Å². The van der Waals surface area contributed by atoms with Gasteiger partial charge in [-0.25, -0.2) is 0 Å². The van der Waals surface area contributed by atoms with Gasteiger partial charge in [-0.15, -0.1) is 8.58 Å². The van der Waals surface area contributed by atoms with Crippen LogP contribution in [0, 0.1) is 26.7 Å². The van der Waals surface area contributed by atoms with Crippen molar-refractivity contribution in [3.63, 3.8) is 0 Å². The molecule has 0 bridgehead atoms. The van der Waals surface area contributed by atoms with E-state index in [0.29, 0.717) is 45.2 Å². The third kappa shape index (κ3) is 14.8. The van der Waals surface area contributed by atoms with Crippen LogP contribution in [0.3, 0.4) is 0 Å². The molecule has 11 atom stereocenters. The summed E-state index contributed by atoms with van der Waals surface area (Å²) in [5.74, 6) is 0.689. The molecule has 0 saturated carbocycles. The van der Waals surface area contributed by atoms with E-state index >= 15 is 0 Å². The van der Waals surface area contributed by atoms with Crippen molar-refractivity contribution in [2.45, 2.75) is 87.4 Å². The SMILES string of the molecule is CPC.[B][C@H]1CC(C)[C@](CC)(CO)O1.[B][C@H]1CC(C)[C@](CO)(CBr)O1.[B][C@H]1CC(OPC)[C@@]2(COP(C)(=O)C2)O1.[CH3-].[CH3-].[Ni].[Ni]. The molecule has 4 rings (SSSR count). The van der Waals surface area contributed by atoms with Crippen LogP contribution in [0.15, 0.2) is 0 Å². The van der Waals surface area contributed by atoms with Gasteiger partial charge in [-0.2, -0.15) is 0 Å². The number of halogens is 1. The molecule has 0 aromatic rings. The molecule has 0 aromatic carbocycles. The topological polar surface area (TPSA) is 104 Å². The maximum absolute atomic E-state index is 11.8. The number of aliphatic hydroxyl groups excluding tert-OH is 2. The molecule has 5 unspecified atom stereocenters. The molecule has 4 aliphatic rings. The van der Waals surface area contributed by atoms with Crippen molar-refractivity contribution in [1.29, 1.82) is 0 Å². The summed E-state index contributed by atoms with van der Waals surface area (Å²) < 4.78 is 39.4. The van der Waals surface area contributed by atoms with Crippen molar-refractivity contribution in [2.24, 2.45) is 11.8 Å². The van der Waals surface area contributed by atoms with Gasteiger partial charge in [-0.3, -0.25) is 4.57 Å². The maximum Gasteiger partial charge on any atom is 0.203 e. The van der Waals surface area contributed by atoms with Crippen LogP contribution in [0.5, 0.6) is 0 Å². The van der Waals surface area contributed by atoms with Crippen molar-refractivity contribution >= 4 is 64.2 Å². The quantitative estimate of drug-likeness (QED) is 0.177. The Bertz CT molecular complexity index is 765. The van der Waals surface area contributed by atoms with E-state index in [1.165, 1.54) is 0 Å². The maximum atomic E-state index is 11.8. The summed E-state index contributed by atoms with van der Waals surface area (Å²) >= 11 is 3.32. The molecule has 6 radical (unpaired) electrons. The second-order valence-electron chi connectivity index (χ2n) is 11.2. The molecule has 4 saturated heterocycles. The largest absolute Gasteiger partial charge is 0.393 e. The van der Waals surface area contributed by atoms with Crippen molar-refractivity contribution in [2.75, 3.05) is 58.0 Å². The Morgan fingerprint density at radius 3 is 1.59 bits per heavy atom. The Morgan fingerprint density at radius 2 is 1.34 bits per heavy atom. The van der Waals surface area contributed by atoms with E-state index in [9.17, 15) is 4.57 Å². The minimum atomic E-state index is -2.50. The standard InChI is InChI=1S/C8H15BO4P2.C8H15BO2.C7H12BBrO2.C2H7P.2CH3.2Ni/c1-14-13-6-3-7(9)12-8(6)4-11-15(2,10)5-8;1-3-8(5-10)6(2)4-7(9)11-8;1-5-2-6(8)11-7(5,3-9)4-10;1-3-2;;;;/h6-7,14H,3-5H2,1-2H3;6-7,10H,3-5H2,1-2H3;5-6,10H,2-4H2,1H3;3H,1-2H3;2*1H3;;/q;;;;2*-1;;/t6?,7-,8+,15?;6?,7-,8+;5?,6-,7-;;;;;/m111...../s1. The third-order valence-corrected chi connectivity index (χ3v) is 11.2. The molecule has 4 aliphatic heterocycles. The van der Waals surface area contributed by atoms with E-state index in [1.807, 2.05) is 20.5 Å². The molecule has 17 heteroatoms. The average Bonchev–Trinajstić information content (AvgIpc) is 3.57. The minimum absolute atomic E-state index is 0. The average molecular weight is 830 g/mol. The van der Waals surface area contributed by atoms with Gasteiger partial charge in [0.05, 0.1) is 37.7 Å². The van der Waals surface area contributed by atoms with Crippen LogP contribution < -0.4 is 0 Å². The predicted molar refractivity (Wildman–Crippen MR) is 187 cm³/mol. The smallest absolute Gasteiger partial charge is 0.203 e. The molecule has 264 valence electrons. The molecule has 1 spiro atoms. The Balaban J connectivity index is -0.000000253. The monoisotopic (exact) mass is 828 g/mol. The number of hydrogen-bond donors (Lipinski definition) is 2. The third-order valence-electron chi connectivity index (χ3n) is 7.92. The summed E-state index contributed by atoms with van der Waals surface area (Å²) in [6.07, 6.45) is 3.51. The molecule has 0 aromatic heterocycles. The van der Waals surface area contributed by atoms with Crippen LogP contribution in [-0.4, -0.2) is 133 Å². The van der Waals surface area contributed by atoms with E-state index in [4.69, 9.17) is 57.0 Å². The first kappa shape index (κ1) is 53.3. The van der Waals surface area contributed by atoms with Crippen molar-refractivity contribution in [1.82, 2.24) is 0 Å². The summed E-state index contributed by atoms with van der Waals surface area (Å²) in [6, 6.07) is -0.722. The summed E-state index contributed by atoms with van der Waals surface area (Å²) in [4.78, 5) is 0. The van der Waals surface area contributed by atoms with Gasteiger partial charge < -0.3 is 48.3 Å². The molecule has 0 amide bonds. The fourth-order valence-corrected chi connectivity index (χ4v) is 8.81. The van der Waals surface area contributed by atoms with Crippen LogP contribution in [0.25, 0.3) is 0 Å². The van der Waals surface area contributed by atoms with Crippen LogP contribution in [0.2, 0.25) is 0 Å². The van der Waals surface area contributed by atoms with Gasteiger partial charge in [0, 0.05) is 71.8 Å². The fraction of sp³-hybridized carbons (Fsp3) is 0.926. The molecule has 4 heterocycles. The molecule has 2 N–H and O–H groups in total. The van der Waals surface area contributed by atoms with Gasteiger partial charge in [0.1, 0.15) is 34.7 Å². The first-order chi connectivity index (χ1) is 18.7. The number of alkyl halides is 1. The fourth-order valence-electron chi connectivity index (χ4n) is 5.43. The van der Waals surface area contributed by atoms with E-state index in [2.05, 4.69) is 36.2 Å². The number of ether oxygens (including phenoxy) is 3. The second-order valence-corrected chi connectivity index (χ2v) is 16.0. The normalized spacial score (nSPS) is 40.1. The molecular weight excluding hydrogens is 775 g/mol. The molecule has 0 aliphatic carbocycles. The van der Waals surface area contributed by atoms with Gasteiger partial charge in [0.15, 0.2) is 0 Å². The van der Waals surface area contributed by atoms with Crippen molar-refractivity contribution in [3.05, 3.63) is 14.9 Å². The Morgan fingerprint density at radius 1 is 0.909 bits per heavy atom.